The smallest absolute Gasteiger partial charge is 0.135 e. The number of fused-ring (bicyclic) bond motifs is 5. The normalized spacial score (nSPS) is 13.4. The van der Waals surface area contributed by atoms with Gasteiger partial charge in [0.25, 0.3) is 0 Å². The van der Waals surface area contributed by atoms with Crippen molar-refractivity contribution in [2.75, 3.05) is 4.90 Å². The van der Waals surface area contributed by atoms with Gasteiger partial charge in [0.05, 0.1) is 11.4 Å². The molecule has 0 aliphatic heterocycles. The maximum atomic E-state index is 6.23. The third kappa shape index (κ3) is 5.96. The largest absolute Gasteiger partial charge is 0.456 e. The van der Waals surface area contributed by atoms with Crippen molar-refractivity contribution in [2.45, 2.75) is 38.0 Å². The Labute approximate surface area is 339 Å². The molecule has 1 fully saturated rings. The quantitative estimate of drug-likeness (QED) is 0.162. The van der Waals surface area contributed by atoms with Gasteiger partial charge in [0.1, 0.15) is 11.2 Å². The predicted octanol–water partition coefficient (Wildman–Crippen LogP) is 16.4. The molecule has 58 heavy (non-hydrogen) atoms. The summed E-state index contributed by atoms with van der Waals surface area (Å²) in [7, 11) is 0. The summed E-state index contributed by atoms with van der Waals surface area (Å²) in [4.78, 5) is 2.50. The van der Waals surface area contributed by atoms with Crippen LogP contribution in [0.4, 0.5) is 17.1 Å². The van der Waals surface area contributed by atoms with Crippen molar-refractivity contribution >= 4 is 60.5 Å². The number of rotatable bonds is 7. The van der Waals surface area contributed by atoms with E-state index < -0.39 is 0 Å². The number of hydrogen-bond acceptors (Lipinski definition) is 2. The second-order valence-corrected chi connectivity index (χ2v) is 15.8. The molecule has 2 nitrogen and oxygen atoms in total. The van der Waals surface area contributed by atoms with E-state index in [4.69, 9.17) is 4.42 Å². The first-order valence-corrected chi connectivity index (χ1v) is 20.8. The van der Waals surface area contributed by atoms with Crippen molar-refractivity contribution in [2.24, 2.45) is 0 Å². The Morgan fingerprint density at radius 3 is 1.81 bits per heavy atom. The second-order valence-electron chi connectivity index (χ2n) is 15.8. The van der Waals surface area contributed by atoms with E-state index in [0.717, 1.165) is 50.1 Å². The molecule has 1 aliphatic rings. The highest BCUT2D eigenvalue weighted by Gasteiger charge is 2.24. The number of para-hydroxylation sites is 3. The molecule has 1 aliphatic carbocycles. The van der Waals surface area contributed by atoms with Gasteiger partial charge in [-0.05, 0) is 111 Å². The minimum Gasteiger partial charge on any atom is -0.456 e. The Morgan fingerprint density at radius 1 is 0.397 bits per heavy atom. The van der Waals surface area contributed by atoms with E-state index in [1.54, 1.807) is 0 Å². The van der Waals surface area contributed by atoms with Gasteiger partial charge in [-0.1, -0.05) is 171 Å². The lowest BCUT2D eigenvalue weighted by Crippen LogP contribution is -2.13. The van der Waals surface area contributed by atoms with Crippen LogP contribution >= 0.6 is 0 Å². The van der Waals surface area contributed by atoms with Gasteiger partial charge in [-0.25, -0.2) is 0 Å². The van der Waals surface area contributed by atoms with Gasteiger partial charge in [-0.2, -0.15) is 0 Å². The van der Waals surface area contributed by atoms with E-state index in [1.807, 2.05) is 12.1 Å². The molecule has 0 spiro atoms. The van der Waals surface area contributed by atoms with Crippen LogP contribution in [0, 0.1) is 0 Å². The number of anilines is 3. The van der Waals surface area contributed by atoms with Gasteiger partial charge >= 0.3 is 0 Å². The molecule has 11 rings (SSSR count). The molecule has 0 bridgehead atoms. The Morgan fingerprint density at radius 2 is 0.983 bits per heavy atom. The fourth-order valence-corrected chi connectivity index (χ4v) is 9.74. The zero-order chi connectivity index (χ0) is 38.4. The first-order valence-electron chi connectivity index (χ1n) is 20.8. The standard InChI is InChI=1S/C56H43NO/c1-2-16-39(17-3-1)45-28-14-20-40-21-15-30-50(56(40)45)48-26-7-10-32-53(48)57(52-31-9-6-25-47(52)46-29-13-19-38-18-4-5-24-44(38)46)43-23-12-22-41(36-43)42-34-35-55-51(37-42)49-27-8-11-33-54(49)58-55/h4-15,18-37,39H,1-3,16-17H2. The van der Waals surface area contributed by atoms with Crippen LogP contribution in [0.15, 0.2) is 199 Å². The molecule has 10 aromatic rings. The molecule has 1 heterocycles. The minimum atomic E-state index is 0.579. The third-order valence-electron chi connectivity index (χ3n) is 12.5. The highest BCUT2D eigenvalue weighted by Crippen LogP contribution is 2.49. The molecule has 9 aromatic carbocycles. The highest BCUT2D eigenvalue weighted by atomic mass is 16.3. The summed E-state index contributed by atoms with van der Waals surface area (Å²) < 4.78 is 6.23. The third-order valence-corrected chi connectivity index (χ3v) is 12.5. The van der Waals surface area contributed by atoms with E-state index in [0.29, 0.717) is 5.92 Å². The summed E-state index contributed by atoms with van der Waals surface area (Å²) in [5.74, 6) is 0.579. The molecular formula is C56H43NO. The van der Waals surface area contributed by atoms with Crippen LogP contribution in [0.25, 0.3) is 76.9 Å². The fraction of sp³-hybridized carbons (Fsp3) is 0.107. The summed E-state index contributed by atoms with van der Waals surface area (Å²) in [6.45, 7) is 0. The van der Waals surface area contributed by atoms with Crippen LogP contribution in [0.5, 0.6) is 0 Å². The molecule has 0 radical (unpaired) electrons. The number of benzene rings is 9. The van der Waals surface area contributed by atoms with Gasteiger partial charge < -0.3 is 9.32 Å². The Kier molecular flexibility index (Phi) is 8.62. The molecule has 1 saturated carbocycles. The van der Waals surface area contributed by atoms with Crippen LogP contribution in [-0.2, 0) is 0 Å². The number of furan rings is 1. The van der Waals surface area contributed by atoms with Crippen LogP contribution in [0.3, 0.4) is 0 Å². The van der Waals surface area contributed by atoms with E-state index in [-0.39, 0.29) is 0 Å². The average molecular weight is 746 g/mol. The molecule has 0 amide bonds. The second kappa shape index (κ2) is 14.6. The maximum absolute atomic E-state index is 6.23. The van der Waals surface area contributed by atoms with Gasteiger partial charge in [-0.3, -0.25) is 0 Å². The summed E-state index contributed by atoms with van der Waals surface area (Å²) in [6.07, 6.45) is 6.46. The lowest BCUT2D eigenvalue weighted by atomic mass is 9.80. The van der Waals surface area contributed by atoms with Crippen LogP contribution < -0.4 is 4.90 Å². The lowest BCUT2D eigenvalue weighted by molar-refractivity contribution is 0.445. The summed E-state index contributed by atoms with van der Waals surface area (Å²) >= 11 is 0. The van der Waals surface area contributed by atoms with Gasteiger partial charge in [0.2, 0.25) is 0 Å². The molecule has 1 aromatic heterocycles. The molecule has 278 valence electrons. The molecule has 0 atom stereocenters. The van der Waals surface area contributed by atoms with E-state index in [9.17, 15) is 0 Å². The Bertz CT molecular complexity index is 3120. The molecule has 2 heteroatoms. The van der Waals surface area contributed by atoms with Gasteiger partial charge in [0.15, 0.2) is 0 Å². The number of nitrogens with zero attached hydrogens (tertiary/aromatic N) is 1. The molecular weight excluding hydrogens is 703 g/mol. The van der Waals surface area contributed by atoms with Crippen LogP contribution in [0.1, 0.15) is 43.6 Å². The highest BCUT2D eigenvalue weighted by molar-refractivity contribution is 6.08. The van der Waals surface area contributed by atoms with Gasteiger partial charge in [-0.15, -0.1) is 0 Å². The summed E-state index contributed by atoms with van der Waals surface area (Å²) in [5.41, 5.74) is 13.9. The molecule has 0 unspecified atom stereocenters. The van der Waals surface area contributed by atoms with Crippen molar-refractivity contribution in [1.29, 1.82) is 0 Å². The first kappa shape index (κ1) is 34.4. The van der Waals surface area contributed by atoms with Gasteiger partial charge in [0, 0.05) is 27.6 Å². The van der Waals surface area contributed by atoms with E-state index in [1.165, 1.54) is 81.5 Å². The zero-order valence-corrected chi connectivity index (χ0v) is 32.4. The Hall–Kier alpha value is -6.90. The topological polar surface area (TPSA) is 16.4 Å². The van der Waals surface area contributed by atoms with E-state index in [2.05, 4.69) is 187 Å². The van der Waals surface area contributed by atoms with Crippen LogP contribution in [-0.4, -0.2) is 0 Å². The van der Waals surface area contributed by atoms with Crippen molar-refractivity contribution in [3.05, 3.63) is 200 Å². The SMILES string of the molecule is c1cc(-c2ccc3oc4ccccc4c3c2)cc(N(c2ccccc2-c2cccc3ccccc23)c2ccccc2-c2cccc3cccc(C4CCCCC4)c23)c1. The maximum Gasteiger partial charge on any atom is 0.135 e. The summed E-state index contributed by atoms with van der Waals surface area (Å²) in [6, 6.07) is 71.2. The van der Waals surface area contributed by atoms with E-state index >= 15 is 0 Å². The number of hydrogen-bond donors (Lipinski definition) is 0. The summed E-state index contributed by atoms with van der Waals surface area (Å²) in [5, 5.41) is 7.44. The first-order chi connectivity index (χ1) is 28.8. The predicted molar refractivity (Wildman–Crippen MR) is 246 cm³/mol. The van der Waals surface area contributed by atoms with Crippen molar-refractivity contribution in [3.8, 4) is 33.4 Å². The zero-order valence-electron chi connectivity index (χ0n) is 32.4. The molecule has 0 N–H and O–H groups in total. The van der Waals surface area contributed by atoms with Crippen molar-refractivity contribution in [3.63, 3.8) is 0 Å². The average Bonchev–Trinajstić information content (AvgIpc) is 3.67. The van der Waals surface area contributed by atoms with Crippen LogP contribution in [0.2, 0.25) is 0 Å². The molecule has 0 saturated heterocycles. The monoisotopic (exact) mass is 745 g/mol. The lowest BCUT2D eigenvalue weighted by Gasteiger charge is -2.31. The Balaban J connectivity index is 1.15. The van der Waals surface area contributed by atoms with Crippen molar-refractivity contribution in [1.82, 2.24) is 0 Å². The van der Waals surface area contributed by atoms with Crippen molar-refractivity contribution < 1.29 is 4.42 Å². The minimum absolute atomic E-state index is 0.579. The fourth-order valence-electron chi connectivity index (χ4n) is 9.74.